The molecule has 112 valence electrons. The highest BCUT2D eigenvalue weighted by Gasteiger charge is 2.20. The lowest BCUT2D eigenvalue weighted by Gasteiger charge is -2.27. The van der Waals surface area contributed by atoms with Crippen LogP contribution in [0.5, 0.6) is 0 Å². The predicted molar refractivity (Wildman–Crippen MR) is 80.9 cm³/mol. The Hall–Kier alpha value is -2.47. The van der Waals surface area contributed by atoms with Crippen LogP contribution in [0, 0.1) is 6.92 Å². The van der Waals surface area contributed by atoms with Gasteiger partial charge >= 0.3 is 0 Å². The quantitative estimate of drug-likeness (QED) is 0.803. The number of nitrogens with one attached hydrogen (secondary N) is 1. The van der Waals surface area contributed by atoms with E-state index in [1.54, 1.807) is 12.6 Å². The van der Waals surface area contributed by atoms with Crippen molar-refractivity contribution in [1.82, 2.24) is 24.8 Å². The fourth-order valence-corrected chi connectivity index (χ4v) is 2.79. The van der Waals surface area contributed by atoms with Crippen LogP contribution >= 0.6 is 0 Å². The standard InChI is InChI=1S/C16H17N5O/c1-11-14(19-10-18-11)9-21-5-4-13-12(8-21)7-17-16(20-13)15-3-2-6-22-15/h2-3,6-7,10H,4-5,8-9H2,1H3,(H,18,19). The van der Waals surface area contributed by atoms with Crippen LogP contribution < -0.4 is 0 Å². The molecular weight excluding hydrogens is 278 g/mol. The minimum absolute atomic E-state index is 0.667. The third-order valence-electron chi connectivity index (χ3n) is 4.06. The second-order valence-electron chi connectivity index (χ2n) is 5.58. The minimum atomic E-state index is 0.667. The summed E-state index contributed by atoms with van der Waals surface area (Å²) in [5.41, 5.74) is 4.55. The van der Waals surface area contributed by atoms with Crippen LogP contribution in [0.1, 0.15) is 22.6 Å². The molecule has 0 bridgehead atoms. The molecule has 1 aliphatic heterocycles. The number of fused-ring (bicyclic) bond motifs is 1. The van der Waals surface area contributed by atoms with Gasteiger partial charge in [-0.15, -0.1) is 0 Å². The molecule has 0 unspecified atom stereocenters. The van der Waals surface area contributed by atoms with Crippen LogP contribution in [0.15, 0.2) is 35.3 Å². The molecule has 3 aromatic rings. The van der Waals surface area contributed by atoms with Gasteiger partial charge < -0.3 is 9.40 Å². The summed E-state index contributed by atoms with van der Waals surface area (Å²) in [6.07, 6.45) is 6.24. The smallest absolute Gasteiger partial charge is 0.195 e. The Labute approximate surface area is 128 Å². The minimum Gasteiger partial charge on any atom is -0.461 e. The average Bonchev–Trinajstić information content (AvgIpc) is 3.19. The van der Waals surface area contributed by atoms with Crippen molar-refractivity contribution < 1.29 is 4.42 Å². The number of hydrogen-bond donors (Lipinski definition) is 1. The van der Waals surface area contributed by atoms with E-state index in [1.165, 1.54) is 5.56 Å². The van der Waals surface area contributed by atoms with Gasteiger partial charge in [0.25, 0.3) is 0 Å². The number of hydrogen-bond acceptors (Lipinski definition) is 5. The highest BCUT2D eigenvalue weighted by atomic mass is 16.3. The van der Waals surface area contributed by atoms with Crippen molar-refractivity contribution in [2.24, 2.45) is 0 Å². The van der Waals surface area contributed by atoms with Crippen molar-refractivity contribution in [3.8, 4) is 11.6 Å². The van der Waals surface area contributed by atoms with Crippen molar-refractivity contribution in [3.05, 3.63) is 53.6 Å². The third kappa shape index (κ3) is 2.42. The first kappa shape index (κ1) is 13.2. The molecule has 0 fully saturated rings. The summed E-state index contributed by atoms with van der Waals surface area (Å²) in [6, 6.07) is 3.74. The second kappa shape index (κ2) is 5.38. The van der Waals surface area contributed by atoms with Crippen LogP contribution in [-0.2, 0) is 19.5 Å². The Morgan fingerprint density at radius 1 is 1.36 bits per heavy atom. The number of H-pyrrole nitrogens is 1. The maximum Gasteiger partial charge on any atom is 0.195 e. The van der Waals surface area contributed by atoms with E-state index in [9.17, 15) is 0 Å². The van der Waals surface area contributed by atoms with Crippen LogP contribution in [-0.4, -0.2) is 31.4 Å². The van der Waals surface area contributed by atoms with Gasteiger partial charge in [-0.25, -0.2) is 15.0 Å². The van der Waals surface area contributed by atoms with E-state index in [1.807, 2.05) is 18.3 Å². The van der Waals surface area contributed by atoms with E-state index in [-0.39, 0.29) is 0 Å². The molecule has 0 spiro atoms. The van der Waals surface area contributed by atoms with E-state index in [4.69, 9.17) is 4.42 Å². The fourth-order valence-electron chi connectivity index (χ4n) is 2.79. The van der Waals surface area contributed by atoms with Crippen molar-refractivity contribution in [3.63, 3.8) is 0 Å². The van der Waals surface area contributed by atoms with E-state index in [2.05, 4.69) is 31.8 Å². The molecule has 6 heteroatoms. The molecule has 0 amide bonds. The maximum atomic E-state index is 5.37. The van der Waals surface area contributed by atoms with E-state index >= 15 is 0 Å². The van der Waals surface area contributed by atoms with Gasteiger partial charge in [-0.05, 0) is 19.1 Å². The molecule has 6 nitrogen and oxygen atoms in total. The van der Waals surface area contributed by atoms with Crippen molar-refractivity contribution in [2.45, 2.75) is 26.4 Å². The summed E-state index contributed by atoms with van der Waals surface area (Å²) in [4.78, 5) is 19.0. The van der Waals surface area contributed by atoms with Gasteiger partial charge in [0.2, 0.25) is 0 Å². The summed E-state index contributed by atoms with van der Waals surface area (Å²) >= 11 is 0. The second-order valence-corrected chi connectivity index (χ2v) is 5.58. The van der Waals surface area contributed by atoms with Gasteiger partial charge in [0.1, 0.15) is 0 Å². The van der Waals surface area contributed by atoms with Crippen LogP contribution in [0.4, 0.5) is 0 Å². The number of aromatic amines is 1. The van der Waals surface area contributed by atoms with Crippen LogP contribution in [0.3, 0.4) is 0 Å². The van der Waals surface area contributed by atoms with Crippen molar-refractivity contribution >= 4 is 0 Å². The summed E-state index contributed by atoms with van der Waals surface area (Å²) < 4.78 is 5.37. The Balaban J connectivity index is 1.53. The van der Waals surface area contributed by atoms with Gasteiger partial charge in [0.05, 0.1) is 24.0 Å². The summed E-state index contributed by atoms with van der Waals surface area (Å²) in [7, 11) is 0. The molecule has 4 heterocycles. The highest BCUT2D eigenvalue weighted by Crippen LogP contribution is 2.22. The summed E-state index contributed by atoms with van der Waals surface area (Å²) in [5, 5.41) is 0. The molecule has 0 radical (unpaired) electrons. The monoisotopic (exact) mass is 295 g/mol. The Bertz CT molecular complexity index is 778. The van der Waals surface area contributed by atoms with E-state index < -0.39 is 0 Å². The SMILES string of the molecule is Cc1[nH]cnc1CN1CCc2nc(-c3ccco3)ncc2C1. The first-order valence-corrected chi connectivity index (χ1v) is 7.39. The largest absolute Gasteiger partial charge is 0.461 e. The number of nitrogens with zero attached hydrogens (tertiary/aromatic N) is 4. The maximum absolute atomic E-state index is 5.37. The third-order valence-corrected chi connectivity index (χ3v) is 4.06. The van der Waals surface area contributed by atoms with E-state index in [0.29, 0.717) is 5.82 Å². The molecule has 1 N–H and O–H groups in total. The molecule has 3 aromatic heterocycles. The average molecular weight is 295 g/mol. The molecule has 1 aliphatic rings. The van der Waals surface area contributed by atoms with Crippen LogP contribution in [0.2, 0.25) is 0 Å². The molecule has 0 aromatic carbocycles. The number of imidazole rings is 1. The summed E-state index contributed by atoms with van der Waals surface area (Å²) in [6.45, 7) is 4.75. The first-order chi connectivity index (χ1) is 10.8. The van der Waals surface area contributed by atoms with Gasteiger partial charge in [-0.1, -0.05) is 0 Å². The number of furan rings is 1. The predicted octanol–water partition coefficient (Wildman–Crippen LogP) is 2.33. The van der Waals surface area contributed by atoms with Crippen LogP contribution in [0.25, 0.3) is 11.6 Å². The van der Waals surface area contributed by atoms with Crippen molar-refractivity contribution in [1.29, 1.82) is 0 Å². The lowest BCUT2D eigenvalue weighted by Crippen LogP contribution is -2.31. The highest BCUT2D eigenvalue weighted by molar-refractivity contribution is 5.46. The first-order valence-electron chi connectivity index (χ1n) is 7.39. The number of aromatic nitrogens is 4. The molecule has 0 saturated carbocycles. The zero-order valence-corrected chi connectivity index (χ0v) is 12.4. The van der Waals surface area contributed by atoms with Crippen molar-refractivity contribution in [2.75, 3.05) is 6.54 Å². The zero-order valence-electron chi connectivity index (χ0n) is 12.4. The number of rotatable bonds is 3. The lowest BCUT2D eigenvalue weighted by atomic mass is 10.1. The number of aryl methyl sites for hydroxylation is 1. The Morgan fingerprint density at radius 3 is 3.09 bits per heavy atom. The molecule has 22 heavy (non-hydrogen) atoms. The van der Waals surface area contributed by atoms with E-state index in [0.717, 1.165) is 48.9 Å². The zero-order chi connectivity index (χ0) is 14.9. The normalized spacial score (nSPS) is 15.0. The van der Waals surface area contributed by atoms with Gasteiger partial charge in [-0.3, -0.25) is 4.90 Å². The molecular formula is C16H17N5O. The summed E-state index contributed by atoms with van der Waals surface area (Å²) in [5.74, 6) is 1.39. The lowest BCUT2D eigenvalue weighted by molar-refractivity contribution is 0.240. The van der Waals surface area contributed by atoms with Gasteiger partial charge in [0.15, 0.2) is 11.6 Å². The Morgan fingerprint density at radius 2 is 2.32 bits per heavy atom. The topological polar surface area (TPSA) is 70.8 Å². The van der Waals surface area contributed by atoms with Gasteiger partial charge in [0, 0.05) is 43.5 Å². The van der Waals surface area contributed by atoms with Gasteiger partial charge in [-0.2, -0.15) is 0 Å². The fraction of sp³-hybridized carbons (Fsp3) is 0.312. The molecule has 4 rings (SSSR count). The molecule has 0 saturated heterocycles. The molecule has 0 aliphatic carbocycles. The molecule has 0 atom stereocenters. The Kier molecular flexibility index (Phi) is 3.23.